The first-order valence-electron chi connectivity index (χ1n) is 6.09. The fraction of sp³-hybridized carbons (Fsp3) is 0.0588. The normalized spacial score (nSPS) is 10.9. The van der Waals surface area contributed by atoms with E-state index >= 15 is 0 Å². The lowest BCUT2D eigenvalue weighted by Crippen LogP contribution is -2.04. The van der Waals surface area contributed by atoms with Gasteiger partial charge in [0.25, 0.3) is 0 Å². The maximum Gasteiger partial charge on any atom is 0.203 e. The average Bonchev–Trinajstić information content (AvgIpc) is 2.46. The second-order valence-electron chi connectivity index (χ2n) is 4.37. The van der Waals surface area contributed by atoms with Crippen molar-refractivity contribution in [1.82, 2.24) is 0 Å². The molecule has 0 heterocycles. The van der Waals surface area contributed by atoms with Crippen molar-refractivity contribution in [2.75, 3.05) is 0 Å². The van der Waals surface area contributed by atoms with E-state index in [0.717, 1.165) is 15.6 Å². The van der Waals surface area contributed by atoms with E-state index < -0.39 is 0 Å². The van der Waals surface area contributed by atoms with E-state index in [9.17, 15) is 10.1 Å². The topological polar surface area (TPSA) is 40.9 Å². The Bertz CT molecular complexity index is 709. The third-order valence-electron chi connectivity index (χ3n) is 2.94. The summed E-state index contributed by atoms with van der Waals surface area (Å²) in [6.45, 7) is 1.86. The van der Waals surface area contributed by atoms with E-state index in [4.69, 9.17) is 0 Å². The smallest absolute Gasteiger partial charge is 0.203 e. The van der Waals surface area contributed by atoms with Crippen molar-refractivity contribution in [2.45, 2.75) is 6.92 Å². The Kier molecular flexibility index (Phi) is 4.49. The predicted octanol–water partition coefficient (Wildman–Crippen LogP) is 4.55. The van der Waals surface area contributed by atoms with Gasteiger partial charge in [0.2, 0.25) is 5.78 Å². The van der Waals surface area contributed by atoms with E-state index in [-0.39, 0.29) is 11.4 Å². The molecule has 0 aromatic heterocycles. The van der Waals surface area contributed by atoms with Gasteiger partial charge >= 0.3 is 0 Å². The molecule has 0 atom stereocenters. The number of allylic oxidation sites excluding steroid dienone is 1. The number of nitriles is 1. The summed E-state index contributed by atoms with van der Waals surface area (Å²) < 4.78 is 0.957. The summed E-state index contributed by atoms with van der Waals surface area (Å²) in [4.78, 5) is 12.4. The molecule has 3 heteroatoms. The molecule has 98 valence electrons. The summed E-state index contributed by atoms with van der Waals surface area (Å²) in [6.07, 6.45) is 1.61. The van der Waals surface area contributed by atoms with Crippen LogP contribution >= 0.6 is 15.9 Å². The number of ketones is 1. The number of hydrogen-bond acceptors (Lipinski definition) is 2. The highest BCUT2D eigenvalue weighted by Gasteiger charge is 2.13. The van der Waals surface area contributed by atoms with Crippen LogP contribution in [0.5, 0.6) is 0 Å². The summed E-state index contributed by atoms with van der Waals surface area (Å²) >= 11 is 3.35. The average molecular weight is 326 g/mol. The van der Waals surface area contributed by atoms with Crippen LogP contribution in [0.2, 0.25) is 0 Å². The fourth-order valence-corrected chi connectivity index (χ4v) is 2.11. The van der Waals surface area contributed by atoms with Crippen LogP contribution in [0.1, 0.15) is 21.5 Å². The van der Waals surface area contributed by atoms with Gasteiger partial charge in [-0.2, -0.15) is 5.26 Å². The Labute approximate surface area is 126 Å². The number of rotatable bonds is 3. The van der Waals surface area contributed by atoms with Crippen LogP contribution in [0.25, 0.3) is 6.08 Å². The Morgan fingerprint density at radius 2 is 1.80 bits per heavy atom. The largest absolute Gasteiger partial charge is 0.288 e. The zero-order valence-corrected chi connectivity index (χ0v) is 12.5. The third-order valence-corrected chi connectivity index (χ3v) is 3.46. The van der Waals surface area contributed by atoms with E-state index in [2.05, 4.69) is 15.9 Å². The number of aryl methyl sites for hydroxylation is 1. The number of hydrogen-bond donors (Lipinski definition) is 0. The number of nitrogens with zero attached hydrogens (tertiary/aromatic N) is 1. The van der Waals surface area contributed by atoms with Gasteiger partial charge in [0.05, 0.1) is 0 Å². The maximum atomic E-state index is 12.4. The van der Waals surface area contributed by atoms with E-state index in [1.165, 1.54) is 0 Å². The lowest BCUT2D eigenvalue weighted by atomic mass is 9.98. The van der Waals surface area contributed by atoms with Crippen LogP contribution in [0.3, 0.4) is 0 Å². The van der Waals surface area contributed by atoms with Gasteiger partial charge in [0, 0.05) is 10.0 Å². The quantitative estimate of drug-likeness (QED) is 0.472. The van der Waals surface area contributed by atoms with E-state index in [0.29, 0.717) is 5.56 Å². The fourth-order valence-electron chi connectivity index (χ4n) is 1.85. The molecule has 0 saturated heterocycles. The SMILES string of the molecule is Cc1ccccc1C(=O)/C(C#N)=C/c1ccc(Br)cc1. The summed E-state index contributed by atoms with van der Waals surface area (Å²) in [5, 5.41) is 9.22. The lowest BCUT2D eigenvalue weighted by Gasteiger charge is -2.03. The molecule has 2 aromatic rings. The zero-order valence-electron chi connectivity index (χ0n) is 10.9. The molecule has 2 aromatic carbocycles. The number of carbonyl (C=O) groups excluding carboxylic acids is 1. The molecule has 20 heavy (non-hydrogen) atoms. The minimum absolute atomic E-state index is 0.140. The van der Waals surface area contributed by atoms with Crippen LogP contribution in [-0.4, -0.2) is 5.78 Å². The molecule has 2 nitrogen and oxygen atoms in total. The van der Waals surface area contributed by atoms with Crippen molar-refractivity contribution in [3.8, 4) is 6.07 Å². The standard InChI is InChI=1S/C17H12BrNO/c1-12-4-2-3-5-16(12)17(20)14(11-19)10-13-6-8-15(18)9-7-13/h2-10H,1H3/b14-10+. The summed E-state index contributed by atoms with van der Waals surface area (Å²) in [5.41, 5.74) is 2.40. The van der Waals surface area contributed by atoms with Gasteiger partial charge in [-0.3, -0.25) is 4.79 Å². The summed E-state index contributed by atoms with van der Waals surface area (Å²) in [6, 6.07) is 16.7. The predicted molar refractivity (Wildman–Crippen MR) is 83.2 cm³/mol. The Balaban J connectivity index is 2.38. The second-order valence-corrected chi connectivity index (χ2v) is 5.28. The summed E-state index contributed by atoms with van der Waals surface area (Å²) in [7, 11) is 0. The van der Waals surface area contributed by atoms with Gasteiger partial charge in [-0.05, 0) is 36.3 Å². The minimum Gasteiger partial charge on any atom is -0.288 e. The van der Waals surface area contributed by atoms with Gasteiger partial charge < -0.3 is 0 Å². The molecular weight excluding hydrogens is 314 g/mol. The lowest BCUT2D eigenvalue weighted by molar-refractivity contribution is 0.103. The number of halogens is 1. The van der Waals surface area contributed by atoms with Crippen LogP contribution in [0.15, 0.2) is 58.6 Å². The molecule has 0 aliphatic rings. The highest BCUT2D eigenvalue weighted by molar-refractivity contribution is 9.10. The Morgan fingerprint density at radius 1 is 1.15 bits per heavy atom. The molecule has 0 aliphatic carbocycles. The Morgan fingerprint density at radius 3 is 2.40 bits per heavy atom. The molecule has 0 amide bonds. The first-order chi connectivity index (χ1) is 9.61. The third kappa shape index (κ3) is 3.23. The van der Waals surface area contributed by atoms with Gasteiger partial charge in [-0.1, -0.05) is 52.3 Å². The monoisotopic (exact) mass is 325 g/mol. The van der Waals surface area contributed by atoms with Crippen LogP contribution in [0, 0.1) is 18.3 Å². The van der Waals surface area contributed by atoms with Crippen LogP contribution < -0.4 is 0 Å². The molecule has 0 fully saturated rings. The van der Waals surface area contributed by atoms with Gasteiger partial charge in [-0.25, -0.2) is 0 Å². The molecule has 0 saturated carbocycles. The van der Waals surface area contributed by atoms with Crippen LogP contribution in [-0.2, 0) is 0 Å². The molecule has 0 aliphatic heterocycles. The number of benzene rings is 2. The highest BCUT2D eigenvalue weighted by Crippen LogP contribution is 2.17. The van der Waals surface area contributed by atoms with Crippen molar-refractivity contribution in [1.29, 1.82) is 5.26 Å². The first kappa shape index (κ1) is 14.2. The Hall–Kier alpha value is -2.18. The van der Waals surface area contributed by atoms with Crippen molar-refractivity contribution >= 4 is 27.8 Å². The van der Waals surface area contributed by atoms with Crippen molar-refractivity contribution in [3.05, 3.63) is 75.3 Å². The number of Topliss-reactive ketones (excluding diaryl/α,β-unsaturated/α-hetero) is 1. The second kappa shape index (κ2) is 6.31. The molecule has 0 unspecified atom stereocenters. The molecular formula is C17H12BrNO. The minimum atomic E-state index is -0.242. The number of carbonyl (C=O) groups is 1. The first-order valence-corrected chi connectivity index (χ1v) is 6.89. The molecule has 0 bridgehead atoms. The molecule has 0 spiro atoms. The van der Waals surface area contributed by atoms with Gasteiger partial charge in [0.15, 0.2) is 0 Å². The molecule has 0 radical (unpaired) electrons. The van der Waals surface area contributed by atoms with Crippen molar-refractivity contribution < 1.29 is 4.79 Å². The van der Waals surface area contributed by atoms with E-state index in [1.807, 2.05) is 49.4 Å². The highest BCUT2D eigenvalue weighted by atomic mass is 79.9. The van der Waals surface area contributed by atoms with Crippen molar-refractivity contribution in [3.63, 3.8) is 0 Å². The van der Waals surface area contributed by atoms with Crippen molar-refractivity contribution in [2.24, 2.45) is 0 Å². The van der Waals surface area contributed by atoms with E-state index in [1.54, 1.807) is 18.2 Å². The van der Waals surface area contributed by atoms with Crippen LogP contribution in [0.4, 0.5) is 0 Å². The zero-order chi connectivity index (χ0) is 14.5. The summed E-state index contributed by atoms with van der Waals surface area (Å²) in [5.74, 6) is -0.242. The maximum absolute atomic E-state index is 12.4. The molecule has 0 N–H and O–H groups in total. The molecule has 2 rings (SSSR count). The van der Waals surface area contributed by atoms with Gasteiger partial charge in [0.1, 0.15) is 11.6 Å². The van der Waals surface area contributed by atoms with Gasteiger partial charge in [-0.15, -0.1) is 0 Å².